The second-order valence-electron chi connectivity index (χ2n) is 16.7. The van der Waals surface area contributed by atoms with Crippen LogP contribution in [-0.2, 0) is 28.6 Å². The van der Waals surface area contributed by atoms with Crippen molar-refractivity contribution in [2.75, 3.05) is 13.2 Å². The summed E-state index contributed by atoms with van der Waals surface area (Å²) in [6.07, 6.45) is 49.1. The van der Waals surface area contributed by atoms with Gasteiger partial charge in [0.25, 0.3) is 0 Å². The van der Waals surface area contributed by atoms with E-state index < -0.39 is 6.10 Å². The Labute approximate surface area is 348 Å². The minimum Gasteiger partial charge on any atom is -0.462 e. The molecule has 0 bridgehead atoms. The van der Waals surface area contributed by atoms with Crippen LogP contribution in [0, 0.1) is 0 Å². The Kier molecular flexibility index (Phi) is 44.3. The second-order valence-corrected chi connectivity index (χ2v) is 16.7. The average molecular weight is 791 g/mol. The van der Waals surface area contributed by atoms with Crippen LogP contribution in [0.25, 0.3) is 0 Å². The molecule has 0 aliphatic heterocycles. The summed E-state index contributed by atoms with van der Waals surface area (Å²) >= 11 is 0. The summed E-state index contributed by atoms with van der Waals surface area (Å²) in [7, 11) is 0. The molecule has 0 aromatic heterocycles. The molecule has 0 N–H and O–H groups in total. The molecular weight excluding hydrogens is 697 g/mol. The zero-order valence-corrected chi connectivity index (χ0v) is 37.7. The largest absolute Gasteiger partial charge is 0.462 e. The molecule has 1 atom stereocenters. The van der Waals surface area contributed by atoms with Gasteiger partial charge in [0.05, 0.1) is 0 Å². The van der Waals surface area contributed by atoms with E-state index in [9.17, 15) is 14.4 Å². The smallest absolute Gasteiger partial charge is 0.306 e. The fraction of sp³-hybridized carbons (Fsp3) is 0.900. The van der Waals surface area contributed by atoms with Crippen LogP contribution in [0.2, 0.25) is 0 Å². The van der Waals surface area contributed by atoms with E-state index in [1.165, 1.54) is 161 Å². The number of carbonyl (C=O) groups excluding carboxylic acids is 3. The van der Waals surface area contributed by atoms with Gasteiger partial charge in [-0.25, -0.2) is 0 Å². The summed E-state index contributed by atoms with van der Waals surface area (Å²) in [5.41, 5.74) is 0. The molecule has 0 radical (unpaired) electrons. The molecule has 0 aromatic rings. The van der Waals surface area contributed by atoms with Gasteiger partial charge in [0, 0.05) is 19.3 Å². The molecule has 56 heavy (non-hydrogen) atoms. The van der Waals surface area contributed by atoms with Crippen molar-refractivity contribution in [2.24, 2.45) is 0 Å². The van der Waals surface area contributed by atoms with Gasteiger partial charge >= 0.3 is 17.9 Å². The van der Waals surface area contributed by atoms with Gasteiger partial charge in [-0.3, -0.25) is 14.4 Å². The zero-order chi connectivity index (χ0) is 40.8. The minimum absolute atomic E-state index is 0.0676. The number of rotatable bonds is 45. The highest BCUT2D eigenvalue weighted by molar-refractivity contribution is 5.71. The summed E-state index contributed by atoms with van der Waals surface area (Å²) in [5, 5.41) is 0. The molecule has 0 aliphatic carbocycles. The van der Waals surface area contributed by atoms with E-state index in [-0.39, 0.29) is 31.1 Å². The lowest BCUT2D eigenvalue weighted by atomic mass is 10.0. The van der Waals surface area contributed by atoms with E-state index in [0.717, 1.165) is 70.6 Å². The number of ether oxygens (including phenoxy) is 3. The molecular formula is C50H94O6. The number of carbonyl (C=O) groups is 3. The third-order valence-electron chi connectivity index (χ3n) is 11.0. The third kappa shape index (κ3) is 43.3. The van der Waals surface area contributed by atoms with Gasteiger partial charge in [-0.05, 0) is 38.5 Å². The highest BCUT2D eigenvalue weighted by Crippen LogP contribution is 2.16. The molecule has 6 heteroatoms. The summed E-state index contributed by atoms with van der Waals surface area (Å²) < 4.78 is 16.7. The molecule has 0 aromatic carbocycles. The fourth-order valence-corrected chi connectivity index (χ4v) is 7.27. The van der Waals surface area contributed by atoms with Crippen molar-refractivity contribution < 1.29 is 28.6 Å². The van der Waals surface area contributed by atoms with Crippen molar-refractivity contribution in [1.82, 2.24) is 0 Å². The van der Waals surface area contributed by atoms with Crippen molar-refractivity contribution in [1.29, 1.82) is 0 Å². The maximum atomic E-state index is 12.7. The first-order valence-electron chi connectivity index (χ1n) is 24.7. The first kappa shape index (κ1) is 54.2. The summed E-state index contributed by atoms with van der Waals surface area (Å²) in [6.45, 7) is 6.59. The lowest BCUT2D eigenvalue weighted by Crippen LogP contribution is -2.30. The van der Waals surface area contributed by atoms with E-state index in [0.29, 0.717) is 19.3 Å². The van der Waals surface area contributed by atoms with Gasteiger partial charge in [-0.15, -0.1) is 0 Å². The predicted octanol–water partition coefficient (Wildman–Crippen LogP) is 15.8. The van der Waals surface area contributed by atoms with Crippen LogP contribution in [0.3, 0.4) is 0 Å². The molecule has 0 aliphatic rings. The molecule has 1 unspecified atom stereocenters. The minimum atomic E-state index is -0.765. The number of hydrogen-bond donors (Lipinski definition) is 0. The standard InChI is InChI=1S/C50H94O6/c1-4-7-10-13-16-19-22-24-25-26-27-29-31-34-37-40-43-49(52)55-46-47(45-54-48(51)42-39-36-33-30-21-18-15-12-9-6-3)56-50(53)44-41-38-35-32-28-23-20-17-14-11-8-5-2/h12,15,47H,4-11,13-14,16-46H2,1-3H3/b15-12-. The van der Waals surface area contributed by atoms with Crippen molar-refractivity contribution >= 4 is 17.9 Å². The third-order valence-corrected chi connectivity index (χ3v) is 11.0. The second kappa shape index (κ2) is 45.8. The summed E-state index contributed by atoms with van der Waals surface area (Å²) in [4.78, 5) is 37.8. The van der Waals surface area contributed by atoms with Crippen molar-refractivity contribution in [3.63, 3.8) is 0 Å². The first-order chi connectivity index (χ1) is 27.5. The molecule has 0 rings (SSSR count). The Morgan fingerprint density at radius 2 is 0.625 bits per heavy atom. The Morgan fingerprint density at radius 1 is 0.339 bits per heavy atom. The Hall–Kier alpha value is -1.85. The lowest BCUT2D eigenvalue weighted by molar-refractivity contribution is -0.167. The maximum absolute atomic E-state index is 12.7. The fourth-order valence-electron chi connectivity index (χ4n) is 7.27. The Balaban J connectivity index is 4.29. The predicted molar refractivity (Wildman–Crippen MR) is 238 cm³/mol. The molecule has 0 fully saturated rings. The van der Waals surface area contributed by atoms with E-state index in [1.807, 2.05) is 0 Å². The van der Waals surface area contributed by atoms with E-state index in [2.05, 4.69) is 32.9 Å². The Bertz CT molecular complexity index is 870. The van der Waals surface area contributed by atoms with Crippen molar-refractivity contribution in [2.45, 2.75) is 277 Å². The monoisotopic (exact) mass is 791 g/mol. The van der Waals surface area contributed by atoms with Crippen LogP contribution in [0.15, 0.2) is 12.2 Å². The van der Waals surface area contributed by atoms with Crippen LogP contribution >= 0.6 is 0 Å². The molecule has 0 spiro atoms. The number of unbranched alkanes of at least 4 members (excludes halogenated alkanes) is 32. The normalized spacial score (nSPS) is 12.0. The molecule has 0 saturated heterocycles. The molecule has 330 valence electrons. The van der Waals surface area contributed by atoms with Gasteiger partial charge in [0.1, 0.15) is 13.2 Å². The quantitative estimate of drug-likeness (QED) is 0.0264. The highest BCUT2D eigenvalue weighted by atomic mass is 16.6. The lowest BCUT2D eigenvalue weighted by Gasteiger charge is -2.18. The first-order valence-corrected chi connectivity index (χ1v) is 24.7. The maximum Gasteiger partial charge on any atom is 0.306 e. The van der Waals surface area contributed by atoms with Crippen molar-refractivity contribution in [3.8, 4) is 0 Å². The van der Waals surface area contributed by atoms with Gasteiger partial charge in [0.2, 0.25) is 0 Å². The van der Waals surface area contributed by atoms with Gasteiger partial charge in [-0.2, -0.15) is 0 Å². The number of allylic oxidation sites excluding steroid dienone is 2. The van der Waals surface area contributed by atoms with E-state index in [1.54, 1.807) is 0 Å². The molecule has 6 nitrogen and oxygen atoms in total. The summed E-state index contributed by atoms with van der Waals surface area (Å²) in [5.74, 6) is -0.866. The topological polar surface area (TPSA) is 78.9 Å². The van der Waals surface area contributed by atoms with Gasteiger partial charge < -0.3 is 14.2 Å². The Morgan fingerprint density at radius 3 is 0.964 bits per heavy atom. The van der Waals surface area contributed by atoms with E-state index >= 15 is 0 Å². The van der Waals surface area contributed by atoms with Crippen LogP contribution in [0.1, 0.15) is 271 Å². The molecule has 0 heterocycles. The van der Waals surface area contributed by atoms with Gasteiger partial charge in [0.15, 0.2) is 6.10 Å². The van der Waals surface area contributed by atoms with Crippen molar-refractivity contribution in [3.05, 3.63) is 12.2 Å². The van der Waals surface area contributed by atoms with Gasteiger partial charge in [-0.1, -0.05) is 226 Å². The zero-order valence-electron chi connectivity index (χ0n) is 37.7. The van der Waals surface area contributed by atoms with Crippen LogP contribution in [-0.4, -0.2) is 37.2 Å². The number of esters is 3. The van der Waals surface area contributed by atoms with Crippen LogP contribution in [0.5, 0.6) is 0 Å². The number of hydrogen-bond acceptors (Lipinski definition) is 6. The molecule has 0 saturated carbocycles. The average Bonchev–Trinajstić information content (AvgIpc) is 3.19. The SMILES string of the molecule is CCC/C=C\CCCCCCCC(=O)OCC(COC(=O)CCCCCCCCCCCCCCCCCC)OC(=O)CCCCCCCCCCCCCC. The summed E-state index contributed by atoms with van der Waals surface area (Å²) in [6, 6.07) is 0. The van der Waals surface area contributed by atoms with Crippen LogP contribution < -0.4 is 0 Å². The molecule has 0 amide bonds. The van der Waals surface area contributed by atoms with Crippen LogP contribution in [0.4, 0.5) is 0 Å². The highest BCUT2D eigenvalue weighted by Gasteiger charge is 2.19. The van der Waals surface area contributed by atoms with E-state index in [4.69, 9.17) is 14.2 Å².